The monoisotopic (exact) mass is 268 g/mol. The third-order valence-electron chi connectivity index (χ3n) is 4.95. The number of piperidine rings is 1. The number of rotatable bonds is 5. The highest BCUT2D eigenvalue weighted by atomic mass is 16.3. The molecule has 1 aliphatic heterocycles. The van der Waals surface area contributed by atoms with E-state index in [1.54, 1.807) is 0 Å². The number of aliphatic hydroxyl groups is 1. The third kappa shape index (κ3) is 4.73. The first-order chi connectivity index (χ1) is 9.19. The molecule has 112 valence electrons. The van der Waals surface area contributed by atoms with E-state index in [-0.39, 0.29) is 6.10 Å². The Balaban J connectivity index is 1.82. The summed E-state index contributed by atoms with van der Waals surface area (Å²) in [6.07, 6.45) is 7.23. The van der Waals surface area contributed by atoms with Crippen LogP contribution in [0.2, 0.25) is 0 Å². The number of nitrogens with one attached hydrogen (secondary N) is 1. The fraction of sp³-hybridized carbons (Fsp3) is 1.00. The predicted octanol–water partition coefficient (Wildman–Crippen LogP) is 2.25. The average Bonchev–Trinajstić information content (AvgIpc) is 2.40. The average molecular weight is 268 g/mol. The molecule has 1 saturated carbocycles. The Kier molecular flexibility index (Phi) is 6.11. The van der Waals surface area contributed by atoms with E-state index in [2.05, 4.69) is 24.1 Å². The quantitative estimate of drug-likeness (QED) is 0.803. The van der Waals surface area contributed by atoms with Gasteiger partial charge in [-0.2, -0.15) is 0 Å². The van der Waals surface area contributed by atoms with Crippen molar-refractivity contribution < 1.29 is 5.11 Å². The van der Waals surface area contributed by atoms with Crippen molar-refractivity contribution in [3.8, 4) is 0 Å². The molecule has 0 bridgehead atoms. The summed E-state index contributed by atoms with van der Waals surface area (Å²) in [4.78, 5) is 2.58. The maximum absolute atomic E-state index is 9.60. The summed E-state index contributed by atoms with van der Waals surface area (Å²) in [5.74, 6) is 1.70. The maximum atomic E-state index is 9.60. The van der Waals surface area contributed by atoms with E-state index >= 15 is 0 Å². The van der Waals surface area contributed by atoms with Crippen molar-refractivity contribution in [1.29, 1.82) is 0 Å². The van der Waals surface area contributed by atoms with Crippen LogP contribution in [0.15, 0.2) is 0 Å². The summed E-state index contributed by atoms with van der Waals surface area (Å²) in [6, 6.07) is 0.725. The zero-order valence-corrected chi connectivity index (χ0v) is 12.8. The van der Waals surface area contributed by atoms with Crippen LogP contribution in [0, 0.1) is 11.8 Å². The van der Waals surface area contributed by atoms with Gasteiger partial charge in [-0.25, -0.2) is 0 Å². The summed E-state index contributed by atoms with van der Waals surface area (Å²) < 4.78 is 0. The lowest BCUT2D eigenvalue weighted by Crippen LogP contribution is -2.47. The Morgan fingerprint density at radius 2 is 1.89 bits per heavy atom. The molecular formula is C16H32N2O. The summed E-state index contributed by atoms with van der Waals surface area (Å²) in [5.41, 5.74) is 0. The molecule has 3 nitrogen and oxygen atoms in total. The standard InChI is InChI=1S/C16H32N2O/c1-3-8-17-16-5-4-13(2)11-14(16)12-18-9-6-15(19)7-10-18/h13-17,19H,3-12H2,1-2H3. The second-order valence-corrected chi connectivity index (χ2v) is 6.77. The largest absolute Gasteiger partial charge is 0.393 e. The Labute approximate surface area is 118 Å². The van der Waals surface area contributed by atoms with E-state index < -0.39 is 0 Å². The van der Waals surface area contributed by atoms with E-state index in [1.807, 2.05) is 0 Å². The first kappa shape index (κ1) is 15.3. The Bertz CT molecular complexity index is 249. The maximum Gasteiger partial charge on any atom is 0.0564 e. The van der Waals surface area contributed by atoms with Crippen LogP contribution in [0.3, 0.4) is 0 Å². The molecule has 0 aromatic heterocycles. The summed E-state index contributed by atoms with van der Waals surface area (Å²) in [6.45, 7) is 9.23. The Hall–Kier alpha value is -0.120. The number of nitrogens with zero attached hydrogens (tertiary/aromatic N) is 1. The highest BCUT2D eigenvalue weighted by molar-refractivity contribution is 4.86. The number of hydrogen-bond acceptors (Lipinski definition) is 3. The molecule has 3 unspecified atom stereocenters. The lowest BCUT2D eigenvalue weighted by molar-refractivity contribution is 0.0620. The van der Waals surface area contributed by atoms with Crippen molar-refractivity contribution in [2.75, 3.05) is 26.2 Å². The van der Waals surface area contributed by atoms with Crippen LogP contribution < -0.4 is 5.32 Å². The zero-order chi connectivity index (χ0) is 13.7. The van der Waals surface area contributed by atoms with Crippen LogP contribution in [-0.4, -0.2) is 48.3 Å². The third-order valence-corrected chi connectivity index (χ3v) is 4.95. The van der Waals surface area contributed by atoms with Gasteiger partial charge in [-0.3, -0.25) is 0 Å². The first-order valence-electron chi connectivity index (χ1n) is 8.32. The van der Waals surface area contributed by atoms with Crippen molar-refractivity contribution in [2.45, 2.75) is 64.5 Å². The molecule has 0 spiro atoms. The molecule has 2 rings (SSSR count). The lowest BCUT2D eigenvalue weighted by atomic mass is 9.78. The minimum Gasteiger partial charge on any atom is -0.393 e. The fourth-order valence-electron chi connectivity index (χ4n) is 3.73. The minimum absolute atomic E-state index is 0.0458. The second kappa shape index (κ2) is 7.61. The summed E-state index contributed by atoms with van der Waals surface area (Å²) >= 11 is 0. The fourth-order valence-corrected chi connectivity index (χ4v) is 3.73. The van der Waals surface area contributed by atoms with E-state index in [0.29, 0.717) is 0 Å². The van der Waals surface area contributed by atoms with Crippen molar-refractivity contribution >= 4 is 0 Å². The van der Waals surface area contributed by atoms with Gasteiger partial charge in [0.05, 0.1) is 6.10 Å². The van der Waals surface area contributed by atoms with Gasteiger partial charge in [0, 0.05) is 25.7 Å². The van der Waals surface area contributed by atoms with E-state index in [9.17, 15) is 5.11 Å². The molecule has 3 atom stereocenters. The predicted molar refractivity (Wildman–Crippen MR) is 80.3 cm³/mol. The second-order valence-electron chi connectivity index (χ2n) is 6.77. The van der Waals surface area contributed by atoms with Crippen LogP contribution in [0.5, 0.6) is 0 Å². The summed E-state index contributed by atoms with van der Waals surface area (Å²) in [7, 11) is 0. The molecule has 2 fully saturated rings. The Morgan fingerprint density at radius 3 is 2.58 bits per heavy atom. The van der Waals surface area contributed by atoms with Gasteiger partial charge >= 0.3 is 0 Å². The molecule has 0 aromatic rings. The molecule has 2 N–H and O–H groups in total. The van der Waals surface area contributed by atoms with Crippen LogP contribution in [0.4, 0.5) is 0 Å². The molecule has 1 saturated heterocycles. The molecule has 3 heteroatoms. The smallest absolute Gasteiger partial charge is 0.0564 e. The van der Waals surface area contributed by atoms with Crippen LogP contribution in [0.1, 0.15) is 52.4 Å². The van der Waals surface area contributed by atoms with Gasteiger partial charge in [0.25, 0.3) is 0 Å². The van der Waals surface area contributed by atoms with Gasteiger partial charge in [0.15, 0.2) is 0 Å². The molecular weight excluding hydrogens is 236 g/mol. The van der Waals surface area contributed by atoms with Gasteiger partial charge in [-0.1, -0.05) is 13.8 Å². The molecule has 2 aliphatic rings. The van der Waals surface area contributed by atoms with E-state index in [0.717, 1.165) is 50.4 Å². The molecule has 19 heavy (non-hydrogen) atoms. The molecule has 0 radical (unpaired) electrons. The molecule has 0 amide bonds. The van der Waals surface area contributed by atoms with Gasteiger partial charge in [-0.15, -0.1) is 0 Å². The topological polar surface area (TPSA) is 35.5 Å². The number of likely N-dealkylation sites (tertiary alicyclic amines) is 1. The number of hydrogen-bond donors (Lipinski definition) is 2. The van der Waals surface area contributed by atoms with Crippen LogP contribution in [0.25, 0.3) is 0 Å². The van der Waals surface area contributed by atoms with E-state index in [4.69, 9.17) is 0 Å². The van der Waals surface area contributed by atoms with Gasteiger partial charge < -0.3 is 15.3 Å². The first-order valence-corrected chi connectivity index (χ1v) is 8.32. The van der Waals surface area contributed by atoms with Gasteiger partial charge in [-0.05, 0) is 56.9 Å². The van der Waals surface area contributed by atoms with Crippen molar-refractivity contribution in [3.05, 3.63) is 0 Å². The Morgan fingerprint density at radius 1 is 1.16 bits per heavy atom. The highest BCUT2D eigenvalue weighted by Gasteiger charge is 2.30. The highest BCUT2D eigenvalue weighted by Crippen LogP contribution is 2.30. The number of aliphatic hydroxyl groups excluding tert-OH is 1. The molecule has 1 heterocycles. The van der Waals surface area contributed by atoms with Gasteiger partial charge in [0.2, 0.25) is 0 Å². The lowest BCUT2D eigenvalue weighted by Gasteiger charge is -2.40. The van der Waals surface area contributed by atoms with Crippen molar-refractivity contribution in [2.24, 2.45) is 11.8 Å². The van der Waals surface area contributed by atoms with Crippen LogP contribution in [-0.2, 0) is 0 Å². The SMILES string of the molecule is CCCNC1CCC(C)CC1CN1CCC(O)CC1. The molecule has 0 aromatic carbocycles. The summed E-state index contributed by atoms with van der Waals surface area (Å²) in [5, 5.41) is 13.4. The van der Waals surface area contributed by atoms with Crippen LogP contribution >= 0.6 is 0 Å². The normalized spacial score (nSPS) is 34.6. The van der Waals surface area contributed by atoms with E-state index in [1.165, 1.54) is 32.2 Å². The zero-order valence-electron chi connectivity index (χ0n) is 12.8. The van der Waals surface area contributed by atoms with Gasteiger partial charge in [0.1, 0.15) is 0 Å². The minimum atomic E-state index is -0.0458. The van der Waals surface area contributed by atoms with Crippen molar-refractivity contribution in [3.63, 3.8) is 0 Å². The van der Waals surface area contributed by atoms with Crippen molar-refractivity contribution in [1.82, 2.24) is 10.2 Å². The molecule has 1 aliphatic carbocycles.